The van der Waals surface area contributed by atoms with Crippen LogP contribution in [0.2, 0.25) is 0 Å². The van der Waals surface area contributed by atoms with Gasteiger partial charge in [0.15, 0.2) is 0 Å². The molecule has 0 spiro atoms. The SMILES string of the molecule is CCC(C)(O)CNc1cc(F)ccc1Br. The second-order valence-electron chi connectivity index (χ2n) is 3.83. The fraction of sp³-hybridized carbons (Fsp3) is 0.455. The van der Waals surface area contributed by atoms with Crippen LogP contribution in [0.25, 0.3) is 0 Å². The molecule has 2 N–H and O–H groups in total. The van der Waals surface area contributed by atoms with Gasteiger partial charge in [-0.15, -0.1) is 0 Å². The molecule has 1 unspecified atom stereocenters. The Morgan fingerprint density at radius 2 is 2.20 bits per heavy atom. The number of rotatable bonds is 4. The highest BCUT2D eigenvalue weighted by Gasteiger charge is 2.17. The van der Waals surface area contributed by atoms with Crippen molar-refractivity contribution in [3.05, 3.63) is 28.5 Å². The zero-order chi connectivity index (χ0) is 11.5. The zero-order valence-electron chi connectivity index (χ0n) is 8.85. The monoisotopic (exact) mass is 275 g/mol. The van der Waals surface area contributed by atoms with Crippen LogP contribution in [-0.2, 0) is 0 Å². The molecule has 0 fully saturated rings. The predicted octanol–water partition coefficient (Wildman–Crippen LogP) is 3.16. The van der Waals surface area contributed by atoms with E-state index in [1.165, 1.54) is 12.1 Å². The van der Waals surface area contributed by atoms with Gasteiger partial charge in [0, 0.05) is 11.0 Å². The summed E-state index contributed by atoms with van der Waals surface area (Å²) in [6.07, 6.45) is 0.646. The van der Waals surface area contributed by atoms with E-state index in [9.17, 15) is 9.50 Å². The van der Waals surface area contributed by atoms with Crippen molar-refractivity contribution in [2.24, 2.45) is 0 Å². The highest BCUT2D eigenvalue weighted by molar-refractivity contribution is 9.10. The van der Waals surface area contributed by atoms with E-state index in [1.807, 2.05) is 6.92 Å². The number of aliphatic hydroxyl groups is 1. The van der Waals surface area contributed by atoms with Crippen LogP contribution in [-0.4, -0.2) is 17.3 Å². The molecule has 1 aromatic carbocycles. The fourth-order valence-electron chi connectivity index (χ4n) is 1.04. The van der Waals surface area contributed by atoms with Gasteiger partial charge in [0.25, 0.3) is 0 Å². The van der Waals surface area contributed by atoms with Crippen molar-refractivity contribution < 1.29 is 9.50 Å². The average molecular weight is 276 g/mol. The second-order valence-corrected chi connectivity index (χ2v) is 4.68. The van der Waals surface area contributed by atoms with Crippen LogP contribution in [0.4, 0.5) is 10.1 Å². The first kappa shape index (κ1) is 12.5. The van der Waals surface area contributed by atoms with Gasteiger partial charge in [-0.25, -0.2) is 4.39 Å². The summed E-state index contributed by atoms with van der Waals surface area (Å²) in [5, 5.41) is 12.8. The van der Waals surface area contributed by atoms with Gasteiger partial charge in [-0.3, -0.25) is 0 Å². The van der Waals surface area contributed by atoms with Crippen molar-refractivity contribution >= 4 is 21.6 Å². The molecule has 2 nitrogen and oxygen atoms in total. The maximum atomic E-state index is 12.9. The molecule has 1 atom stereocenters. The molecule has 0 amide bonds. The van der Waals surface area contributed by atoms with Gasteiger partial charge in [0.05, 0.1) is 11.3 Å². The number of nitrogens with one attached hydrogen (secondary N) is 1. The quantitative estimate of drug-likeness (QED) is 0.885. The van der Waals surface area contributed by atoms with E-state index in [-0.39, 0.29) is 5.82 Å². The van der Waals surface area contributed by atoms with Crippen LogP contribution in [0, 0.1) is 5.82 Å². The highest BCUT2D eigenvalue weighted by atomic mass is 79.9. The van der Waals surface area contributed by atoms with Gasteiger partial charge < -0.3 is 10.4 Å². The highest BCUT2D eigenvalue weighted by Crippen LogP contribution is 2.23. The van der Waals surface area contributed by atoms with Gasteiger partial charge in [0.2, 0.25) is 0 Å². The molecule has 0 saturated heterocycles. The average Bonchev–Trinajstić information content (AvgIpc) is 2.20. The lowest BCUT2D eigenvalue weighted by Crippen LogP contribution is -2.32. The minimum Gasteiger partial charge on any atom is -0.388 e. The Labute approximate surface area is 97.6 Å². The Hall–Kier alpha value is -0.610. The summed E-state index contributed by atoms with van der Waals surface area (Å²) in [6, 6.07) is 4.42. The Balaban J connectivity index is 2.69. The molecule has 15 heavy (non-hydrogen) atoms. The minimum atomic E-state index is -0.772. The van der Waals surface area contributed by atoms with E-state index in [0.717, 1.165) is 4.47 Å². The summed E-state index contributed by atoms with van der Waals surface area (Å²) < 4.78 is 13.7. The summed E-state index contributed by atoms with van der Waals surface area (Å²) in [4.78, 5) is 0. The van der Waals surface area contributed by atoms with Crippen LogP contribution in [0.1, 0.15) is 20.3 Å². The standard InChI is InChI=1S/C11H15BrFNO/c1-3-11(2,15)7-14-10-6-8(13)4-5-9(10)12/h4-6,14-15H,3,7H2,1-2H3. The molecule has 0 aliphatic heterocycles. The first-order valence-electron chi connectivity index (χ1n) is 4.86. The first-order chi connectivity index (χ1) is 6.94. The maximum Gasteiger partial charge on any atom is 0.125 e. The van der Waals surface area contributed by atoms with E-state index in [1.54, 1.807) is 13.0 Å². The largest absolute Gasteiger partial charge is 0.388 e. The normalized spacial score (nSPS) is 14.7. The van der Waals surface area contributed by atoms with Gasteiger partial charge in [-0.2, -0.15) is 0 Å². The third kappa shape index (κ3) is 3.80. The second kappa shape index (κ2) is 4.94. The fourth-order valence-corrected chi connectivity index (χ4v) is 1.43. The molecule has 0 saturated carbocycles. The number of hydrogen-bond donors (Lipinski definition) is 2. The van der Waals surface area contributed by atoms with Gasteiger partial charge in [0.1, 0.15) is 5.82 Å². The van der Waals surface area contributed by atoms with Crippen molar-refractivity contribution in [3.8, 4) is 0 Å². The maximum absolute atomic E-state index is 12.9. The van der Waals surface area contributed by atoms with Crippen molar-refractivity contribution in [2.45, 2.75) is 25.9 Å². The van der Waals surface area contributed by atoms with E-state index >= 15 is 0 Å². The van der Waals surface area contributed by atoms with Gasteiger partial charge in [-0.05, 0) is 47.5 Å². The van der Waals surface area contributed by atoms with Crippen LogP contribution < -0.4 is 5.32 Å². The third-order valence-electron chi connectivity index (χ3n) is 2.35. The molecule has 84 valence electrons. The number of benzene rings is 1. The molecular formula is C11H15BrFNO. The summed E-state index contributed by atoms with van der Waals surface area (Å²) in [6.45, 7) is 4.04. The van der Waals surface area contributed by atoms with Crippen LogP contribution >= 0.6 is 15.9 Å². The zero-order valence-corrected chi connectivity index (χ0v) is 10.4. The summed E-state index contributed by atoms with van der Waals surface area (Å²) in [7, 11) is 0. The molecule has 0 bridgehead atoms. The van der Waals surface area contributed by atoms with Crippen LogP contribution in [0.5, 0.6) is 0 Å². The van der Waals surface area contributed by atoms with E-state index < -0.39 is 5.60 Å². The Bertz CT molecular complexity index is 341. The van der Waals surface area contributed by atoms with Crippen molar-refractivity contribution in [2.75, 3.05) is 11.9 Å². The smallest absolute Gasteiger partial charge is 0.125 e. The molecule has 0 heterocycles. The number of halogens is 2. The lowest BCUT2D eigenvalue weighted by atomic mass is 10.0. The van der Waals surface area contributed by atoms with E-state index in [0.29, 0.717) is 18.7 Å². The van der Waals surface area contributed by atoms with Crippen molar-refractivity contribution in [3.63, 3.8) is 0 Å². The molecular weight excluding hydrogens is 261 g/mol. The molecule has 0 aliphatic rings. The van der Waals surface area contributed by atoms with E-state index in [4.69, 9.17) is 0 Å². The molecule has 1 rings (SSSR count). The number of hydrogen-bond acceptors (Lipinski definition) is 2. The Morgan fingerprint density at radius 3 is 2.80 bits per heavy atom. The van der Waals surface area contributed by atoms with Crippen LogP contribution in [0.3, 0.4) is 0 Å². The topological polar surface area (TPSA) is 32.3 Å². The van der Waals surface area contributed by atoms with Crippen molar-refractivity contribution in [1.29, 1.82) is 0 Å². The lowest BCUT2D eigenvalue weighted by molar-refractivity contribution is 0.0697. The first-order valence-corrected chi connectivity index (χ1v) is 5.65. The molecule has 1 aromatic rings. The summed E-state index contributed by atoms with van der Waals surface area (Å²) >= 11 is 3.31. The third-order valence-corrected chi connectivity index (χ3v) is 3.04. The van der Waals surface area contributed by atoms with Crippen LogP contribution in [0.15, 0.2) is 22.7 Å². The molecule has 0 aliphatic carbocycles. The molecule has 0 aromatic heterocycles. The van der Waals surface area contributed by atoms with Gasteiger partial charge >= 0.3 is 0 Å². The summed E-state index contributed by atoms with van der Waals surface area (Å²) in [5.41, 5.74) is -0.116. The summed E-state index contributed by atoms with van der Waals surface area (Å²) in [5.74, 6) is -0.295. The number of anilines is 1. The lowest BCUT2D eigenvalue weighted by Gasteiger charge is -2.22. The Kier molecular flexibility index (Phi) is 4.11. The van der Waals surface area contributed by atoms with E-state index in [2.05, 4.69) is 21.2 Å². The Morgan fingerprint density at radius 1 is 1.53 bits per heavy atom. The minimum absolute atomic E-state index is 0.295. The molecule has 4 heteroatoms. The predicted molar refractivity (Wildman–Crippen MR) is 63.5 cm³/mol. The van der Waals surface area contributed by atoms with Crippen molar-refractivity contribution in [1.82, 2.24) is 0 Å². The molecule has 0 radical (unpaired) electrons. The van der Waals surface area contributed by atoms with Gasteiger partial charge in [-0.1, -0.05) is 6.92 Å².